The van der Waals surface area contributed by atoms with Crippen LogP contribution in [0.1, 0.15) is 35.4 Å². The highest BCUT2D eigenvalue weighted by molar-refractivity contribution is 6.29. The molecule has 0 radical (unpaired) electrons. The summed E-state index contributed by atoms with van der Waals surface area (Å²) < 4.78 is 0. The van der Waals surface area contributed by atoms with E-state index in [1.165, 1.54) is 11.1 Å². The molecule has 2 aliphatic rings. The third kappa shape index (κ3) is 3.92. The molecule has 4 nitrogen and oxygen atoms in total. The first kappa shape index (κ1) is 17.5. The van der Waals surface area contributed by atoms with Crippen molar-refractivity contribution in [3.8, 4) is 0 Å². The zero-order valence-corrected chi connectivity index (χ0v) is 15.7. The third-order valence-electron chi connectivity index (χ3n) is 5.60. The summed E-state index contributed by atoms with van der Waals surface area (Å²) in [7, 11) is 0. The van der Waals surface area contributed by atoms with Gasteiger partial charge in [-0.3, -0.25) is 9.69 Å². The number of aryl methyl sites for hydroxylation is 1. The molecule has 5 heteroatoms. The number of fused-ring (bicyclic) bond motifs is 1. The minimum Gasteiger partial charge on any atom is -0.340 e. The van der Waals surface area contributed by atoms with Crippen molar-refractivity contribution < 1.29 is 4.79 Å². The van der Waals surface area contributed by atoms with Crippen molar-refractivity contribution in [2.75, 3.05) is 26.2 Å². The van der Waals surface area contributed by atoms with E-state index >= 15 is 0 Å². The van der Waals surface area contributed by atoms with Crippen molar-refractivity contribution in [3.63, 3.8) is 0 Å². The Balaban J connectivity index is 1.28. The highest BCUT2D eigenvalue weighted by atomic mass is 35.5. The maximum absolute atomic E-state index is 12.7. The molecule has 4 rings (SSSR count). The fraction of sp³-hybridized carbons (Fsp3) is 0.429. The van der Waals surface area contributed by atoms with Gasteiger partial charge in [0.15, 0.2) is 0 Å². The van der Waals surface area contributed by atoms with Crippen LogP contribution >= 0.6 is 11.6 Å². The Morgan fingerprint density at radius 3 is 2.69 bits per heavy atom. The molecule has 0 spiro atoms. The SMILES string of the molecule is O=C(C[C@@H]1CCc2ccccc21)N1CCN(Cc2ccc(Cl)nc2)CC1. The van der Waals surface area contributed by atoms with Crippen LogP contribution in [-0.2, 0) is 17.8 Å². The van der Waals surface area contributed by atoms with Crippen molar-refractivity contribution >= 4 is 17.5 Å². The number of rotatable bonds is 4. The Bertz CT molecular complexity index is 769. The number of benzene rings is 1. The predicted octanol–water partition coefficient (Wildman–Crippen LogP) is 3.50. The molecule has 2 aromatic rings. The second-order valence-electron chi connectivity index (χ2n) is 7.28. The normalized spacial score (nSPS) is 20.2. The van der Waals surface area contributed by atoms with E-state index in [1.807, 2.05) is 23.2 Å². The van der Waals surface area contributed by atoms with Crippen LogP contribution in [0.3, 0.4) is 0 Å². The number of hydrogen-bond acceptors (Lipinski definition) is 3. The van der Waals surface area contributed by atoms with Crippen LogP contribution in [0.4, 0.5) is 0 Å². The van der Waals surface area contributed by atoms with Gasteiger partial charge in [0.1, 0.15) is 5.15 Å². The Morgan fingerprint density at radius 2 is 1.92 bits per heavy atom. The molecule has 0 N–H and O–H groups in total. The van der Waals surface area contributed by atoms with Gasteiger partial charge in [-0.15, -0.1) is 0 Å². The van der Waals surface area contributed by atoms with Crippen LogP contribution in [-0.4, -0.2) is 46.9 Å². The first-order valence-electron chi connectivity index (χ1n) is 9.37. The monoisotopic (exact) mass is 369 g/mol. The first-order chi connectivity index (χ1) is 12.7. The maximum Gasteiger partial charge on any atom is 0.223 e. The number of amides is 1. The van der Waals surface area contributed by atoms with Crippen molar-refractivity contribution in [3.05, 3.63) is 64.4 Å². The molecule has 2 heterocycles. The van der Waals surface area contributed by atoms with Crippen molar-refractivity contribution in [2.45, 2.75) is 31.7 Å². The zero-order chi connectivity index (χ0) is 17.9. The predicted molar refractivity (Wildman–Crippen MR) is 103 cm³/mol. The highest BCUT2D eigenvalue weighted by Gasteiger charge is 2.28. The van der Waals surface area contributed by atoms with Crippen molar-refractivity contribution in [1.29, 1.82) is 0 Å². The minimum atomic E-state index is 0.305. The lowest BCUT2D eigenvalue weighted by Gasteiger charge is -2.35. The van der Waals surface area contributed by atoms with Gasteiger partial charge in [0.2, 0.25) is 5.91 Å². The molecular weight excluding hydrogens is 346 g/mol. The van der Waals surface area contributed by atoms with Gasteiger partial charge in [0, 0.05) is 45.3 Å². The Hall–Kier alpha value is -1.91. The van der Waals surface area contributed by atoms with Gasteiger partial charge in [0.25, 0.3) is 0 Å². The van der Waals surface area contributed by atoms with Gasteiger partial charge in [-0.05, 0) is 41.5 Å². The fourth-order valence-corrected chi connectivity index (χ4v) is 4.22. The van der Waals surface area contributed by atoms with E-state index in [4.69, 9.17) is 11.6 Å². The number of aromatic nitrogens is 1. The molecule has 1 atom stereocenters. The summed E-state index contributed by atoms with van der Waals surface area (Å²) in [6, 6.07) is 12.4. The number of halogens is 1. The lowest BCUT2D eigenvalue weighted by molar-refractivity contribution is -0.133. The van der Waals surface area contributed by atoms with E-state index in [0.717, 1.165) is 51.1 Å². The number of hydrogen-bond donors (Lipinski definition) is 0. The topological polar surface area (TPSA) is 36.4 Å². The van der Waals surface area contributed by atoms with Gasteiger partial charge in [-0.25, -0.2) is 4.98 Å². The third-order valence-corrected chi connectivity index (χ3v) is 5.82. The van der Waals surface area contributed by atoms with E-state index in [0.29, 0.717) is 23.4 Å². The van der Waals surface area contributed by atoms with Crippen LogP contribution in [0.25, 0.3) is 0 Å². The number of piperazine rings is 1. The lowest BCUT2D eigenvalue weighted by Crippen LogP contribution is -2.48. The summed E-state index contributed by atoms with van der Waals surface area (Å²) in [4.78, 5) is 21.3. The van der Waals surface area contributed by atoms with Crippen molar-refractivity contribution in [2.24, 2.45) is 0 Å². The van der Waals surface area contributed by atoms with E-state index < -0.39 is 0 Å². The molecule has 0 unspecified atom stereocenters. The van der Waals surface area contributed by atoms with Gasteiger partial charge >= 0.3 is 0 Å². The molecule has 0 bridgehead atoms. The summed E-state index contributed by atoms with van der Waals surface area (Å²) in [5, 5.41) is 0.526. The molecule has 1 saturated heterocycles. The van der Waals surface area contributed by atoms with Gasteiger partial charge in [-0.1, -0.05) is 41.9 Å². The number of carbonyl (C=O) groups excluding carboxylic acids is 1. The summed E-state index contributed by atoms with van der Waals surface area (Å²) in [6.07, 6.45) is 4.70. The molecule has 1 aliphatic carbocycles. The quantitative estimate of drug-likeness (QED) is 0.774. The Labute approximate surface area is 159 Å². The average Bonchev–Trinajstić information content (AvgIpc) is 3.07. The van der Waals surface area contributed by atoms with Crippen molar-refractivity contribution in [1.82, 2.24) is 14.8 Å². The summed E-state index contributed by atoms with van der Waals surface area (Å²) >= 11 is 5.84. The molecule has 0 saturated carbocycles. The van der Waals surface area contributed by atoms with E-state index in [1.54, 1.807) is 0 Å². The number of carbonyl (C=O) groups is 1. The molecule has 136 valence electrons. The second-order valence-corrected chi connectivity index (χ2v) is 7.67. The van der Waals surface area contributed by atoms with Crippen LogP contribution in [0.2, 0.25) is 5.15 Å². The smallest absolute Gasteiger partial charge is 0.223 e. The molecule has 1 aliphatic heterocycles. The van der Waals surface area contributed by atoms with Crippen LogP contribution in [0.5, 0.6) is 0 Å². The first-order valence-corrected chi connectivity index (χ1v) is 9.75. The molecule has 26 heavy (non-hydrogen) atoms. The lowest BCUT2D eigenvalue weighted by atomic mass is 9.97. The zero-order valence-electron chi connectivity index (χ0n) is 14.9. The highest BCUT2D eigenvalue weighted by Crippen LogP contribution is 2.35. The molecule has 1 aromatic heterocycles. The molecular formula is C21H24ClN3O. The largest absolute Gasteiger partial charge is 0.340 e. The number of pyridine rings is 1. The van der Waals surface area contributed by atoms with Crippen LogP contribution in [0.15, 0.2) is 42.6 Å². The van der Waals surface area contributed by atoms with E-state index in [-0.39, 0.29) is 0 Å². The van der Waals surface area contributed by atoms with E-state index in [9.17, 15) is 4.79 Å². The van der Waals surface area contributed by atoms with Crippen LogP contribution < -0.4 is 0 Å². The fourth-order valence-electron chi connectivity index (χ4n) is 4.11. The number of nitrogens with zero attached hydrogens (tertiary/aromatic N) is 3. The van der Waals surface area contributed by atoms with Gasteiger partial charge in [-0.2, -0.15) is 0 Å². The standard InChI is InChI=1S/C21H24ClN3O/c22-20-8-5-16(14-23-20)15-24-9-11-25(12-10-24)21(26)13-18-7-6-17-3-1-2-4-19(17)18/h1-5,8,14,18H,6-7,9-13,15H2/t18-/m0/s1. The summed E-state index contributed by atoms with van der Waals surface area (Å²) in [6.45, 7) is 4.32. The second kappa shape index (κ2) is 7.77. The van der Waals surface area contributed by atoms with Gasteiger partial charge < -0.3 is 4.90 Å². The molecule has 1 fully saturated rings. The Kier molecular flexibility index (Phi) is 5.23. The van der Waals surface area contributed by atoms with Crippen LogP contribution in [0, 0.1) is 0 Å². The molecule has 1 aromatic carbocycles. The minimum absolute atomic E-state index is 0.305. The molecule has 1 amide bonds. The summed E-state index contributed by atoms with van der Waals surface area (Å²) in [5.41, 5.74) is 3.97. The maximum atomic E-state index is 12.7. The summed E-state index contributed by atoms with van der Waals surface area (Å²) in [5.74, 6) is 0.705. The average molecular weight is 370 g/mol. The Morgan fingerprint density at radius 1 is 1.12 bits per heavy atom. The van der Waals surface area contributed by atoms with E-state index in [2.05, 4.69) is 34.1 Å². The van der Waals surface area contributed by atoms with Gasteiger partial charge in [0.05, 0.1) is 0 Å².